The van der Waals surface area contributed by atoms with E-state index in [-0.39, 0.29) is 0 Å². The van der Waals surface area contributed by atoms with Gasteiger partial charge in [0.25, 0.3) is 0 Å². The average Bonchev–Trinajstić information content (AvgIpc) is 2.62. The van der Waals surface area contributed by atoms with Gasteiger partial charge in [0.05, 0.1) is 6.04 Å². The summed E-state index contributed by atoms with van der Waals surface area (Å²) in [6, 6.07) is 0.537. The van der Waals surface area contributed by atoms with Crippen LogP contribution in [0.2, 0.25) is 0 Å². The molecule has 2 rings (SSSR count). The Kier molecular flexibility index (Phi) is 2.30. The molecule has 0 aromatic carbocycles. The van der Waals surface area contributed by atoms with E-state index >= 15 is 0 Å². The number of amidine groups is 1. The molecule has 1 aliphatic carbocycles. The summed E-state index contributed by atoms with van der Waals surface area (Å²) in [5, 5.41) is 4.71. The third-order valence-corrected chi connectivity index (χ3v) is 3.84. The Hall–Kier alpha value is -0.180. The van der Waals surface area contributed by atoms with Gasteiger partial charge in [-0.3, -0.25) is 4.99 Å². The third kappa shape index (κ3) is 2.19. The summed E-state index contributed by atoms with van der Waals surface area (Å²) in [7, 11) is 0. The summed E-state index contributed by atoms with van der Waals surface area (Å²) >= 11 is 1.88. The van der Waals surface area contributed by atoms with Gasteiger partial charge < -0.3 is 5.32 Å². The number of hydrogen-bond donors (Lipinski definition) is 1. The maximum Gasteiger partial charge on any atom is 0.157 e. The van der Waals surface area contributed by atoms with Crippen LogP contribution >= 0.6 is 11.8 Å². The Morgan fingerprint density at radius 2 is 2.23 bits per heavy atom. The molecular formula is C10H18N2S. The number of rotatable bonds is 2. The summed E-state index contributed by atoms with van der Waals surface area (Å²) in [5.74, 6) is 1.84. The Balaban J connectivity index is 1.90. The van der Waals surface area contributed by atoms with Crippen molar-refractivity contribution in [3.05, 3.63) is 0 Å². The van der Waals surface area contributed by atoms with Gasteiger partial charge in [-0.2, -0.15) is 0 Å². The minimum absolute atomic E-state index is 0.387. The number of nitrogens with zero attached hydrogens (tertiary/aromatic N) is 1. The lowest BCUT2D eigenvalue weighted by molar-refractivity contribution is 0.540. The van der Waals surface area contributed by atoms with Crippen LogP contribution in [0.25, 0.3) is 0 Å². The molecule has 1 unspecified atom stereocenters. The minimum atomic E-state index is 0.387. The molecule has 3 heteroatoms. The van der Waals surface area contributed by atoms with Crippen LogP contribution in [0, 0.1) is 5.92 Å². The fraction of sp³-hybridized carbons (Fsp3) is 0.900. The summed E-state index contributed by atoms with van der Waals surface area (Å²) in [5.41, 5.74) is 0.387. The molecule has 0 aromatic heterocycles. The highest BCUT2D eigenvalue weighted by molar-refractivity contribution is 8.14. The van der Waals surface area contributed by atoms with Crippen LogP contribution in [-0.2, 0) is 0 Å². The fourth-order valence-corrected chi connectivity index (χ4v) is 2.69. The molecular weight excluding hydrogens is 180 g/mol. The summed E-state index contributed by atoms with van der Waals surface area (Å²) in [4.78, 5) is 4.68. The smallest absolute Gasteiger partial charge is 0.157 e. The van der Waals surface area contributed by atoms with Crippen molar-refractivity contribution in [3.8, 4) is 0 Å². The summed E-state index contributed by atoms with van der Waals surface area (Å²) in [6.45, 7) is 6.77. The second-order valence-corrected chi connectivity index (χ2v) is 5.75. The maximum absolute atomic E-state index is 4.68. The molecule has 1 aliphatic heterocycles. The largest absolute Gasteiger partial charge is 0.360 e. The molecule has 0 amide bonds. The van der Waals surface area contributed by atoms with E-state index < -0.39 is 0 Å². The lowest BCUT2D eigenvalue weighted by Crippen LogP contribution is -2.31. The Labute approximate surface area is 84.6 Å². The van der Waals surface area contributed by atoms with Gasteiger partial charge in [0.1, 0.15) is 0 Å². The molecule has 1 heterocycles. The van der Waals surface area contributed by atoms with Gasteiger partial charge in [-0.05, 0) is 25.7 Å². The summed E-state index contributed by atoms with van der Waals surface area (Å²) < 4.78 is 0. The molecule has 2 nitrogen and oxygen atoms in total. The van der Waals surface area contributed by atoms with Gasteiger partial charge >= 0.3 is 0 Å². The Morgan fingerprint density at radius 1 is 1.54 bits per heavy atom. The van der Waals surface area contributed by atoms with E-state index in [4.69, 9.17) is 0 Å². The molecule has 74 valence electrons. The standard InChI is InChI=1S/C10H18N2S/c1-7(2)8-6-13-9(11-8)12-10(3)4-5-10/h7-8H,4-6H2,1-3H3,(H,11,12). The number of hydrogen-bond acceptors (Lipinski definition) is 3. The van der Waals surface area contributed by atoms with Crippen LogP contribution in [-0.4, -0.2) is 22.5 Å². The van der Waals surface area contributed by atoms with Crippen molar-refractivity contribution in [3.63, 3.8) is 0 Å². The van der Waals surface area contributed by atoms with Gasteiger partial charge in [-0.15, -0.1) is 0 Å². The normalized spacial score (nSPS) is 30.5. The zero-order chi connectivity index (χ0) is 9.47. The van der Waals surface area contributed by atoms with Crippen molar-refractivity contribution in [1.29, 1.82) is 0 Å². The van der Waals surface area contributed by atoms with Crippen molar-refractivity contribution in [2.75, 3.05) is 5.75 Å². The second-order valence-electron chi connectivity index (χ2n) is 4.74. The van der Waals surface area contributed by atoms with Gasteiger partial charge in [-0.25, -0.2) is 0 Å². The van der Waals surface area contributed by atoms with Crippen molar-refractivity contribution < 1.29 is 0 Å². The first-order valence-corrected chi connectivity index (χ1v) is 6.06. The highest BCUT2D eigenvalue weighted by Gasteiger charge is 2.39. The zero-order valence-electron chi connectivity index (χ0n) is 8.63. The molecule has 1 saturated carbocycles. The van der Waals surface area contributed by atoms with Crippen molar-refractivity contribution >= 4 is 16.9 Å². The molecule has 13 heavy (non-hydrogen) atoms. The lowest BCUT2D eigenvalue weighted by Gasteiger charge is -2.11. The first-order chi connectivity index (χ1) is 6.09. The van der Waals surface area contributed by atoms with E-state index in [1.54, 1.807) is 0 Å². The highest BCUT2D eigenvalue weighted by Crippen LogP contribution is 2.36. The van der Waals surface area contributed by atoms with E-state index in [2.05, 4.69) is 31.1 Å². The minimum Gasteiger partial charge on any atom is -0.360 e. The molecule has 0 spiro atoms. The van der Waals surface area contributed by atoms with Gasteiger partial charge in [0.15, 0.2) is 5.17 Å². The monoisotopic (exact) mass is 198 g/mol. The molecule has 1 fully saturated rings. The van der Waals surface area contributed by atoms with E-state index in [0.29, 0.717) is 17.5 Å². The third-order valence-electron chi connectivity index (χ3n) is 2.85. The average molecular weight is 198 g/mol. The van der Waals surface area contributed by atoms with E-state index in [0.717, 1.165) is 5.75 Å². The molecule has 1 N–H and O–H groups in total. The Bertz CT molecular complexity index is 231. The van der Waals surface area contributed by atoms with Gasteiger partial charge in [0, 0.05) is 11.3 Å². The molecule has 1 atom stereocenters. The fourth-order valence-electron chi connectivity index (χ4n) is 1.37. The molecule has 0 aromatic rings. The number of aliphatic imine (C=N–C) groups is 1. The van der Waals surface area contributed by atoms with Gasteiger partial charge in [0.2, 0.25) is 0 Å². The molecule has 0 bridgehead atoms. The highest BCUT2D eigenvalue weighted by atomic mass is 32.2. The van der Waals surface area contributed by atoms with Gasteiger partial charge in [-0.1, -0.05) is 25.6 Å². The van der Waals surface area contributed by atoms with Crippen molar-refractivity contribution in [1.82, 2.24) is 5.32 Å². The SMILES string of the molecule is CC(C)C1CSC(NC2(C)CC2)=N1. The predicted octanol–water partition coefficient (Wildman–Crippen LogP) is 2.26. The first-order valence-electron chi connectivity index (χ1n) is 5.08. The molecule has 0 radical (unpaired) electrons. The van der Waals surface area contributed by atoms with E-state index in [1.807, 2.05) is 11.8 Å². The Morgan fingerprint density at radius 3 is 2.69 bits per heavy atom. The van der Waals surface area contributed by atoms with Crippen molar-refractivity contribution in [2.24, 2.45) is 10.9 Å². The molecule has 2 aliphatic rings. The van der Waals surface area contributed by atoms with Crippen LogP contribution in [0.5, 0.6) is 0 Å². The van der Waals surface area contributed by atoms with Crippen LogP contribution in [0.4, 0.5) is 0 Å². The van der Waals surface area contributed by atoms with E-state index in [1.165, 1.54) is 18.0 Å². The summed E-state index contributed by atoms with van der Waals surface area (Å²) in [6.07, 6.45) is 2.61. The predicted molar refractivity (Wildman–Crippen MR) is 59.3 cm³/mol. The van der Waals surface area contributed by atoms with Crippen LogP contribution in [0.1, 0.15) is 33.6 Å². The lowest BCUT2D eigenvalue weighted by atomic mass is 10.1. The molecule has 0 saturated heterocycles. The van der Waals surface area contributed by atoms with Crippen LogP contribution < -0.4 is 5.32 Å². The first kappa shape index (κ1) is 9.38. The van der Waals surface area contributed by atoms with Crippen LogP contribution in [0.3, 0.4) is 0 Å². The maximum atomic E-state index is 4.68. The number of nitrogens with one attached hydrogen (secondary N) is 1. The quantitative estimate of drug-likeness (QED) is 0.736. The van der Waals surface area contributed by atoms with Crippen LogP contribution in [0.15, 0.2) is 4.99 Å². The van der Waals surface area contributed by atoms with E-state index in [9.17, 15) is 0 Å². The van der Waals surface area contributed by atoms with Crippen molar-refractivity contribution in [2.45, 2.75) is 45.2 Å². The number of thioether (sulfide) groups is 1. The second kappa shape index (κ2) is 3.19. The zero-order valence-corrected chi connectivity index (χ0v) is 9.45. The topological polar surface area (TPSA) is 24.4 Å².